The van der Waals surface area contributed by atoms with Crippen LogP contribution in [0.4, 0.5) is 23.8 Å². The number of carbonyl (C=O) groups is 2. The van der Waals surface area contributed by atoms with Crippen molar-refractivity contribution in [3.63, 3.8) is 0 Å². The fourth-order valence-electron chi connectivity index (χ4n) is 5.61. The highest BCUT2D eigenvalue weighted by atomic mass is 19.4. The van der Waals surface area contributed by atoms with Gasteiger partial charge in [0.15, 0.2) is 0 Å². The van der Waals surface area contributed by atoms with Gasteiger partial charge in [-0.05, 0) is 60.9 Å². The van der Waals surface area contributed by atoms with Gasteiger partial charge >= 0.3 is 18.2 Å². The molecule has 2 atom stereocenters. The lowest BCUT2D eigenvalue weighted by atomic mass is 9.80. The van der Waals surface area contributed by atoms with Gasteiger partial charge < -0.3 is 19.5 Å². The average molecular weight is 598 g/mol. The number of rotatable bonds is 9. The summed E-state index contributed by atoms with van der Waals surface area (Å²) in [5, 5.41) is 9.48. The minimum absolute atomic E-state index is 0.0401. The fourth-order valence-corrected chi connectivity index (χ4v) is 5.61. The number of hydrogen-bond acceptors (Lipinski definition) is 6. The lowest BCUT2D eigenvalue weighted by molar-refractivity contribution is -0.138. The van der Waals surface area contributed by atoms with Crippen molar-refractivity contribution in [1.29, 1.82) is 0 Å². The Hall–Kier alpha value is -4.28. The van der Waals surface area contributed by atoms with Crippen LogP contribution in [-0.4, -0.2) is 53.3 Å². The SMILES string of the molecule is COc1ccc(C(C)(C)CC(=O)O)cc1-c1ccc(N2CCC2)nc1CN1C(=O)O[C@H](c2cccc(C(F)(F)F)c2)[C@@H]1C. The van der Waals surface area contributed by atoms with E-state index in [1.165, 1.54) is 17.0 Å². The highest BCUT2D eigenvalue weighted by Crippen LogP contribution is 2.41. The van der Waals surface area contributed by atoms with Crippen molar-refractivity contribution in [2.24, 2.45) is 0 Å². The summed E-state index contributed by atoms with van der Waals surface area (Å²) in [4.78, 5) is 33.3. The Bertz CT molecular complexity index is 1540. The summed E-state index contributed by atoms with van der Waals surface area (Å²) in [7, 11) is 1.54. The highest BCUT2D eigenvalue weighted by Gasteiger charge is 2.41. The molecule has 0 aliphatic carbocycles. The maximum absolute atomic E-state index is 13.4. The van der Waals surface area contributed by atoms with E-state index in [0.29, 0.717) is 22.6 Å². The first-order chi connectivity index (χ1) is 20.3. The average Bonchev–Trinajstić information content (AvgIpc) is 3.19. The summed E-state index contributed by atoms with van der Waals surface area (Å²) in [6.07, 6.45) is -5.11. The smallest absolute Gasteiger partial charge is 0.416 e. The zero-order chi connectivity index (χ0) is 31.1. The lowest BCUT2D eigenvalue weighted by Crippen LogP contribution is -2.38. The molecule has 2 aromatic carbocycles. The molecule has 0 saturated carbocycles. The molecule has 3 heterocycles. The van der Waals surface area contributed by atoms with Crippen LogP contribution in [-0.2, 0) is 27.7 Å². The zero-order valence-corrected chi connectivity index (χ0v) is 24.4. The number of hydrogen-bond donors (Lipinski definition) is 1. The molecular weight excluding hydrogens is 563 g/mol. The number of pyridine rings is 1. The second kappa shape index (κ2) is 11.4. The number of carboxylic acid groups (broad SMARTS) is 1. The Morgan fingerprint density at radius 3 is 2.44 bits per heavy atom. The van der Waals surface area contributed by atoms with Crippen molar-refractivity contribution in [3.05, 3.63) is 77.0 Å². The predicted octanol–water partition coefficient (Wildman–Crippen LogP) is 6.82. The molecular formula is C32H34F3N3O5. The fraction of sp³-hybridized carbons (Fsp3) is 0.406. The topological polar surface area (TPSA) is 92.2 Å². The number of aromatic nitrogens is 1. The molecule has 1 N–H and O–H groups in total. The number of carboxylic acids is 1. The first-order valence-electron chi connectivity index (χ1n) is 14.1. The van der Waals surface area contributed by atoms with Gasteiger partial charge in [0.05, 0.1) is 37.4 Å². The molecule has 2 fully saturated rings. The Balaban J connectivity index is 1.54. The molecule has 0 radical (unpaired) electrons. The van der Waals surface area contributed by atoms with Crippen molar-refractivity contribution in [2.45, 2.75) is 63.9 Å². The van der Waals surface area contributed by atoms with Gasteiger partial charge in [-0.25, -0.2) is 9.78 Å². The number of halogens is 3. The van der Waals surface area contributed by atoms with Gasteiger partial charge in [0.2, 0.25) is 0 Å². The number of anilines is 1. The van der Waals surface area contributed by atoms with E-state index < -0.39 is 41.4 Å². The van der Waals surface area contributed by atoms with Crippen LogP contribution in [0.15, 0.2) is 54.6 Å². The molecule has 3 aromatic rings. The minimum atomic E-state index is -4.52. The number of benzene rings is 2. The Morgan fingerprint density at radius 2 is 1.81 bits per heavy atom. The third kappa shape index (κ3) is 6.11. The van der Waals surface area contributed by atoms with Crippen LogP contribution in [0.2, 0.25) is 0 Å². The van der Waals surface area contributed by atoms with E-state index in [-0.39, 0.29) is 18.5 Å². The largest absolute Gasteiger partial charge is 0.496 e. The van der Waals surface area contributed by atoms with Gasteiger partial charge in [-0.3, -0.25) is 9.69 Å². The number of amides is 1. The number of cyclic esters (lactones) is 1. The van der Waals surface area contributed by atoms with Gasteiger partial charge in [0.25, 0.3) is 0 Å². The normalized spacial score (nSPS) is 18.8. The molecule has 228 valence electrons. The van der Waals surface area contributed by atoms with Crippen LogP contribution in [0, 0.1) is 0 Å². The van der Waals surface area contributed by atoms with Crippen LogP contribution in [0.3, 0.4) is 0 Å². The number of nitrogens with zero attached hydrogens (tertiary/aromatic N) is 3. The standard InChI is InChI=1S/C32H34F3N3O5/c1-19-29(20-7-5-8-22(15-20)32(33,34)35)43-30(41)38(19)18-25-23(10-12-27(36-25)37-13-6-14-37)24-16-21(9-11-26(24)42-4)31(2,3)17-28(39)40/h5,7-12,15-16,19,29H,6,13-14,17-18H2,1-4H3,(H,39,40)/t19-,29-/m0/s1. The van der Waals surface area contributed by atoms with E-state index in [0.717, 1.165) is 43.0 Å². The zero-order valence-electron chi connectivity index (χ0n) is 24.4. The second-order valence-electron chi connectivity index (χ2n) is 11.7. The number of carbonyl (C=O) groups excluding carboxylic acids is 1. The number of methoxy groups -OCH3 is 1. The van der Waals surface area contributed by atoms with Crippen LogP contribution in [0.25, 0.3) is 11.1 Å². The first-order valence-corrected chi connectivity index (χ1v) is 14.1. The molecule has 0 spiro atoms. The van der Waals surface area contributed by atoms with Crippen LogP contribution in [0.5, 0.6) is 5.75 Å². The second-order valence-corrected chi connectivity index (χ2v) is 11.7. The third-order valence-corrected chi connectivity index (χ3v) is 8.26. The molecule has 5 rings (SSSR count). The lowest BCUT2D eigenvalue weighted by Gasteiger charge is -2.33. The maximum atomic E-state index is 13.4. The van der Waals surface area contributed by atoms with Crippen molar-refractivity contribution in [3.8, 4) is 16.9 Å². The summed E-state index contributed by atoms with van der Waals surface area (Å²) >= 11 is 0. The summed E-state index contributed by atoms with van der Waals surface area (Å²) in [6, 6.07) is 13.6. The minimum Gasteiger partial charge on any atom is -0.496 e. The van der Waals surface area contributed by atoms with Gasteiger partial charge in [0, 0.05) is 29.6 Å². The van der Waals surface area contributed by atoms with Gasteiger partial charge in [-0.2, -0.15) is 13.2 Å². The molecule has 2 saturated heterocycles. The van der Waals surface area contributed by atoms with Crippen molar-refractivity contribution < 1.29 is 37.3 Å². The van der Waals surface area contributed by atoms with E-state index >= 15 is 0 Å². The number of ether oxygens (including phenoxy) is 2. The molecule has 2 aliphatic rings. The van der Waals surface area contributed by atoms with Crippen LogP contribution in [0.1, 0.15) is 62.1 Å². The molecule has 1 aromatic heterocycles. The van der Waals surface area contributed by atoms with E-state index in [9.17, 15) is 27.9 Å². The van der Waals surface area contributed by atoms with Gasteiger partial charge in [-0.1, -0.05) is 32.0 Å². The van der Waals surface area contributed by atoms with E-state index in [2.05, 4.69) is 4.90 Å². The summed E-state index contributed by atoms with van der Waals surface area (Å²) in [5.74, 6) is 0.384. The maximum Gasteiger partial charge on any atom is 0.416 e. The van der Waals surface area contributed by atoms with E-state index in [1.807, 2.05) is 38.1 Å². The molecule has 0 bridgehead atoms. The van der Waals surface area contributed by atoms with Crippen molar-refractivity contribution in [1.82, 2.24) is 9.88 Å². The summed E-state index contributed by atoms with van der Waals surface area (Å²) < 4.78 is 51.5. The van der Waals surface area contributed by atoms with Crippen LogP contribution < -0.4 is 9.64 Å². The molecule has 1 amide bonds. The van der Waals surface area contributed by atoms with Crippen molar-refractivity contribution in [2.75, 3.05) is 25.1 Å². The highest BCUT2D eigenvalue weighted by molar-refractivity contribution is 5.77. The number of alkyl halides is 3. The van der Waals surface area contributed by atoms with E-state index in [4.69, 9.17) is 14.5 Å². The van der Waals surface area contributed by atoms with Crippen LogP contribution >= 0.6 is 0 Å². The Labute approximate surface area is 248 Å². The predicted molar refractivity (Wildman–Crippen MR) is 154 cm³/mol. The number of aliphatic carboxylic acids is 1. The summed E-state index contributed by atoms with van der Waals surface area (Å²) in [6.45, 7) is 7.20. The van der Waals surface area contributed by atoms with Gasteiger partial charge in [0.1, 0.15) is 17.7 Å². The molecule has 0 unspecified atom stereocenters. The molecule has 11 heteroatoms. The Kier molecular flexibility index (Phi) is 8.02. The van der Waals surface area contributed by atoms with Crippen molar-refractivity contribution >= 4 is 17.9 Å². The first kappa shape index (κ1) is 30.2. The quantitative estimate of drug-likeness (QED) is 0.289. The molecule has 43 heavy (non-hydrogen) atoms. The third-order valence-electron chi connectivity index (χ3n) is 8.26. The van der Waals surface area contributed by atoms with Gasteiger partial charge in [-0.15, -0.1) is 0 Å². The monoisotopic (exact) mass is 597 g/mol. The summed E-state index contributed by atoms with van der Waals surface area (Å²) in [5.41, 5.74) is 1.50. The molecule has 8 nitrogen and oxygen atoms in total. The molecule has 2 aliphatic heterocycles. The Morgan fingerprint density at radius 1 is 1.07 bits per heavy atom. The van der Waals surface area contributed by atoms with E-state index in [1.54, 1.807) is 20.1 Å².